The number of nitrogens with one attached hydrogen (secondary N) is 2. The van der Waals surface area contributed by atoms with Gasteiger partial charge in [-0.2, -0.15) is 5.10 Å². The maximum Gasteiger partial charge on any atom is 0.242 e. The molecule has 0 saturated carbocycles. The van der Waals surface area contributed by atoms with Gasteiger partial charge in [-0.3, -0.25) is 14.4 Å². The molecule has 3 aromatic rings. The molecule has 216 valence electrons. The Kier molecular flexibility index (Phi) is 8.51. The van der Waals surface area contributed by atoms with E-state index in [4.69, 9.17) is 19.6 Å². The van der Waals surface area contributed by atoms with Crippen molar-refractivity contribution in [2.24, 2.45) is 5.92 Å². The van der Waals surface area contributed by atoms with Crippen LogP contribution in [0.25, 0.3) is 11.4 Å². The minimum atomic E-state index is -0.722. The third kappa shape index (κ3) is 6.67. The van der Waals surface area contributed by atoms with E-state index in [1.807, 2.05) is 62.4 Å². The van der Waals surface area contributed by atoms with Crippen LogP contribution in [0.3, 0.4) is 0 Å². The molecule has 3 amide bonds. The lowest BCUT2D eigenvalue weighted by Crippen LogP contribution is -2.47. The molecule has 2 atom stereocenters. The highest BCUT2D eigenvalue weighted by atomic mass is 16.7. The second-order valence-corrected chi connectivity index (χ2v) is 10.8. The van der Waals surface area contributed by atoms with Crippen LogP contribution < -0.4 is 20.1 Å². The Labute approximate surface area is 239 Å². The summed E-state index contributed by atoms with van der Waals surface area (Å²) < 4.78 is 12.7. The Balaban J connectivity index is 1.44. The third-order valence-electron chi connectivity index (χ3n) is 7.30. The molecule has 0 spiro atoms. The summed E-state index contributed by atoms with van der Waals surface area (Å²) >= 11 is 0. The second kappa shape index (κ2) is 12.4. The maximum absolute atomic E-state index is 13.5. The Morgan fingerprint density at radius 1 is 1.02 bits per heavy atom. The molecule has 0 unspecified atom stereocenters. The van der Waals surface area contributed by atoms with Gasteiger partial charge in [0.1, 0.15) is 6.04 Å². The summed E-state index contributed by atoms with van der Waals surface area (Å²) in [4.78, 5) is 45.8. The van der Waals surface area contributed by atoms with Crippen molar-refractivity contribution in [3.63, 3.8) is 0 Å². The molecule has 2 aliphatic heterocycles. The first kappa shape index (κ1) is 28.1. The van der Waals surface area contributed by atoms with E-state index in [1.54, 1.807) is 16.5 Å². The van der Waals surface area contributed by atoms with Crippen molar-refractivity contribution in [2.45, 2.75) is 58.7 Å². The van der Waals surface area contributed by atoms with Gasteiger partial charge in [-0.15, -0.1) is 0 Å². The number of carbonyl (C=O) groups excluding carboxylic acids is 3. The zero-order valence-electron chi connectivity index (χ0n) is 23.6. The minimum absolute atomic E-state index is 0.00919. The molecule has 2 N–H and O–H groups in total. The van der Waals surface area contributed by atoms with Crippen LogP contribution >= 0.6 is 0 Å². The van der Waals surface area contributed by atoms with Gasteiger partial charge in [-0.1, -0.05) is 50.2 Å². The first-order valence-electron chi connectivity index (χ1n) is 14.0. The molecule has 11 heteroatoms. The number of benzene rings is 2. The van der Waals surface area contributed by atoms with E-state index in [-0.39, 0.29) is 43.3 Å². The highest BCUT2D eigenvalue weighted by Crippen LogP contribution is 2.32. The smallest absolute Gasteiger partial charge is 0.242 e. The Morgan fingerprint density at radius 2 is 1.80 bits per heavy atom. The van der Waals surface area contributed by atoms with Crippen molar-refractivity contribution < 1.29 is 23.9 Å². The third-order valence-corrected chi connectivity index (χ3v) is 7.30. The molecule has 0 fully saturated rings. The van der Waals surface area contributed by atoms with E-state index in [2.05, 4.69) is 10.6 Å². The van der Waals surface area contributed by atoms with Gasteiger partial charge in [0.25, 0.3) is 0 Å². The molecule has 0 saturated heterocycles. The molecule has 0 aliphatic carbocycles. The van der Waals surface area contributed by atoms with Gasteiger partial charge < -0.3 is 25.0 Å². The molecular weight excluding hydrogens is 524 g/mol. The number of aromatic nitrogens is 3. The Hall–Kier alpha value is -4.41. The van der Waals surface area contributed by atoms with Gasteiger partial charge >= 0.3 is 0 Å². The standard InChI is InChI=1S/C30H36N6O5/c1-19(2)27-29-33-28(22-8-5-4-6-9-22)34-36(29)15-14-35(13-7-10-25(37)31-20(3)30(39)32-27)26(38)17-21-11-12-23-24(16-21)41-18-40-23/h4-6,8-9,11-12,16,19-20,27H,7,10,13-15,17-18H2,1-3H3,(H,31,37)(H,32,39)/t20-,27+/m1/s1. The first-order chi connectivity index (χ1) is 19.8. The van der Waals surface area contributed by atoms with Crippen molar-refractivity contribution in [3.05, 3.63) is 59.9 Å². The van der Waals surface area contributed by atoms with E-state index >= 15 is 0 Å². The predicted octanol–water partition coefficient (Wildman–Crippen LogP) is 2.86. The lowest BCUT2D eigenvalue weighted by molar-refractivity contribution is -0.131. The van der Waals surface area contributed by atoms with Gasteiger partial charge in [-0.05, 0) is 37.0 Å². The van der Waals surface area contributed by atoms with E-state index in [9.17, 15) is 14.4 Å². The molecule has 1 aromatic heterocycles. The summed E-state index contributed by atoms with van der Waals surface area (Å²) in [5.74, 6) is 1.85. The van der Waals surface area contributed by atoms with Crippen molar-refractivity contribution >= 4 is 17.7 Å². The van der Waals surface area contributed by atoms with E-state index in [1.165, 1.54) is 0 Å². The van der Waals surface area contributed by atoms with Crippen LogP contribution in [0.2, 0.25) is 0 Å². The predicted molar refractivity (Wildman–Crippen MR) is 151 cm³/mol. The number of fused-ring (bicyclic) bond motifs is 2. The molecule has 0 radical (unpaired) electrons. The number of ether oxygens (including phenoxy) is 2. The quantitative estimate of drug-likeness (QED) is 0.502. The average molecular weight is 561 g/mol. The first-order valence-corrected chi connectivity index (χ1v) is 14.0. The number of hydrogen-bond acceptors (Lipinski definition) is 7. The van der Waals surface area contributed by atoms with Crippen LogP contribution in [0.1, 0.15) is 51.0 Å². The van der Waals surface area contributed by atoms with Crippen LogP contribution in [0.15, 0.2) is 48.5 Å². The maximum atomic E-state index is 13.5. The van der Waals surface area contributed by atoms with Crippen LogP contribution in [0, 0.1) is 5.92 Å². The lowest BCUT2D eigenvalue weighted by atomic mass is 10.0. The van der Waals surface area contributed by atoms with Crippen molar-refractivity contribution in [1.82, 2.24) is 30.3 Å². The highest BCUT2D eigenvalue weighted by molar-refractivity contribution is 5.87. The highest BCUT2D eigenvalue weighted by Gasteiger charge is 2.29. The Morgan fingerprint density at radius 3 is 2.59 bits per heavy atom. The average Bonchev–Trinajstić information content (AvgIpc) is 3.60. The zero-order chi connectivity index (χ0) is 28.9. The van der Waals surface area contributed by atoms with Crippen molar-refractivity contribution in [1.29, 1.82) is 0 Å². The van der Waals surface area contributed by atoms with Gasteiger partial charge in [0.2, 0.25) is 24.5 Å². The van der Waals surface area contributed by atoms with E-state index < -0.39 is 12.1 Å². The molecule has 2 aliphatic rings. The number of hydrogen-bond donors (Lipinski definition) is 2. The zero-order valence-corrected chi connectivity index (χ0v) is 23.6. The Bertz CT molecular complexity index is 1410. The molecule has 2 aromatic carbocycles. The number of carbonyl (C=O) groups is 3. The van der Waals surface area contributed by atoms with Crippen LogP contribution in [-0.4, -0.2) is 63.3 Å². The van der Waals surface area contributed by atoms with E-state index in [0.717, 1.165) is 11.1 Å². The van der Waals surface area contributed by atoms with Crippen LogP contribution in [0.5, 0.6) is 11.5 Å². The molecular formula is C30H36N6O5. The van der Waals surface area contributed by atoms with Gasteiger partial charge in [0.15, 0.2) is 23.1 Å². The molecule has 11 nitrogen and oxygen atoms in total. The lowest BCUT2D eigenvalue weighted by Gasteiger charge is -2.27. The van der Waals surface area contributed by atoms with Crippen molar-refractivity contribution in [3.8, 4) is 22.9 Å². The largest absolute Gasteiger partial charge is 0.454 e. The molecule has 5 rings (SSSR count). The minimum Gasteiger partial charge on any atom is -0.454 e. The van der Waals surface area contributed by atoms with Gasteiger partial charge in [-0.25, -0.2) is 9.67 Å². The second-order valence-electron chi connectivity index (χ2n) is 10.8. The van der Waals surface area contributed by atoms with Gasteiger partial charge in [0.05, 0.1) is 19.0 Å². The number of rotatable bonds is 4. The van der Waals surface area contributed by atoms with E-state index in [0.29, 0.717) is 49.2 Å². The summed E-state index contributed by atoms with van der Waals surface area (Å²) in [7, 11) is 0. The van der Waals surface area contributed by atoms with Crippen LogP contribution in [0.4, 0.5) is 0 Å². The topological polar surface area (TPSA) is 128 Å². The molecule has 0 bridgehead atoms. The summed E-state index contributed by atoms with van der Waals surface area (Å²) in [6.45, 7) is 6.97. The number of amides is 3. The fourth-order valence-electron chi connectivity index (χ4n) is 4.99. The summed E-state index contributed by atoms with van der Waals surface area (Å²) in [5, 5.41) is 10.7. The normalized spacial score (nSPS) is 19.8. The summed E-state index contributed by atoms with van der Waals surface area (Å²) in [6, 6.07) is 14.0. The number of nitrogens with zero attached hydrogens (tertiary/aromatic N) is 4. The molecule has 41 heavy (non-hydrogen) atoms. The SMILES string of the molecule is CC(C)[C@@H]1NC(=O)[C@@H](C)NC(=O)CCCN(C(=O)Cc2ccc3c(c2)OCO3)CCn2nc(-c3ccccc3)nc21. The monoisotopic (exact) mass is 560 g/mol. The van der Waals surface area contributed by atoms with Crippen LogP contribution in [-0.2, 0) is 27.3 Å². The fraction of sp³-hybridized carbons (Fsp3) is 0.433. The summed E-state index contributed by atoms with van der Waals surface area (Å²) in [5.41, 5.74) is 1.68. The summed E-state index contributed by atoms with van der Waals surface area (Å²) in [6.07, 6.45) is 0.844. The van der Waals surface area contributed by atoms with Gasteiger partial charge in [0, 0.05) is 25.1 Å². The fourth-order valence-corrected chi connectivity index (χ4v) is 4.99. The van der Waals surface area contributed by atoms with Crippen molar-refractivity contribution in [2.75, 3.05) is 19.9 Å². The molecule has 3 heterocycles.